The largest absolute Gasteiger partial charge is 0.496 e. The van der Waals surface area contributed by atoms with E-state index in [1.54, 1.807) is 7.11 Å². The van der Waals surface area contributed by atoms with Crippen molar-refractivity contribution in [2.24, 2.45) is 5.73 Å². The van der Waals surface area contributed by atoms with Crippen LogP contribution in [0.3, 0.4) is 0 Å². The Labute approximate surface area is 131 Å². The van der Waals surface area contributed by atoms with Crippen LogP contribution in [0.2, 0.25) is 0 Å². The van der Waals surface area contributed by atoms with Crippen LogP contribution in [0.1, 0.15) is 28.3 Å². The van der Waals surface area contributed by atoms with Crippen molar-refractivity contribution in [2.45, 2.75) is 26.4 Å². The maximum Gasteiger partial charge on any atom is 0.241 e. The molecule has 0 aliphatic heterocycles. The molecule has 0 aliphatic carbocycles. The molecule has 0 radical (unpaired) electrons. The summed E-state index contributed by atoms with van der Waals surface area (Å²) in [4.78, 5) is 12.2. The third kappa shape index (κ3) is 3.86. The van der Waals surface area contributed by atoms with E-state index < -0.39 is 6.04 Å². The molecule has 116 valence electrons. The number of nitrogens with two attached hydrogens (primary N) is 1. The van der Waals surface area contributed by atoms with Gasteiger partial charge in [0.25, 0.3) is 0 Å². The van der Waals surface area contributed by atoms with Crippen molar-refractivity contribution < 1.29 is 9.53 Å². The van der Waals surface area contributed by atoms with Crippen molar-refractivity contribution in [3.63, 3.8) is 0 Å². The number of benzene rings is 2. The fourth-order valence-electron chi connectivity index (χ4n) is 2.22. The Morgan fingerprint density at radius 1 is 1.14 bits per heavy atom. The van der Waals surface area contributed by atoms with Gasteiger partial charge < -0.3 is 15.8 Å². The normalized spacial score (nSPS) is 11.8. The molecule has 0 saturated carbocycles. The minimum atomic E-state index is -0.669. The van der Waals surface area contributed by atoms with Crippen LogP contribution in [-0.2, 0) is 11.3 Å². The van der Waals surface area contributed by atoms with E-state index >= 15 is 0 Å². The minimum absolute atomic E-state index is 0.202. The highest BCUT2D eigenvalue weighted by Gasteiger charge is 2.15. The SMILES string of the molecule is COc1cc(C)ccc1CNC(=O)C(N)c1ccc(C)cc1. The summed E-state index contributed by atoms with van der Waals surface area (Å²) in [5.74, 6) is 0.565. The van der Waals surface area contributed by atoms with Crippen LogP contribution in [0.15, 0.2) is 42.5 Å². The van der Waals surface area contributed by atoms with Crippen LogP contribution in [0.5, 0.6) is 5.75 Å². The first-order chi connectivity index (χ1) is 10.5. The van der Waals surface area contributed by atoms with Gasteiger partial charge in [0.1, 0.15) is 11.8 Å². The van der Waals surface area contributed by atoms with Gasteiger partial charge in [0.15, 0.2) is 0 Å². The fourth-order valence-corrected chi connectivity index (χ4v) is 2.22. The Bertz CT molecular complexity index is 651. The van der Waals surface area contributed by atoms with E-state index in [1.165, 1.54) is 0 Å². The molecule has 0 bridgehead atoms. The second-order valence-electron chi connectivity index (χ2n) is 5.42. The van der Waals surface area contributed by atoms with Crippen LogP contribution < -0.4 is 15.8 Å². The molecular weight excluding hydrogens is 276 g/mol. The third-order valence-electron chi connectivity index (χ3n) is 3.61. The Hall–Kier alpha value is -2.33. The van der Waals surface area contributed by atoms with Gasteiger partial charge in [0.2, 0.25) is 5.91 Å². The molecule has 2 rings (SSSR count). The average Bonchev–Trinajstić information content (AvgIpc) is 2.53. The van der Waals surface area contributed by atoms with Crippen LogP contribution in [0.25, 0.3) is 0 Å². The van der Waals surface area contributed by atoms with Crippen molar-refractivity contribution >= 4 is 5.91 Å². The zero-order chi connectivity index (χ0) is 16.1. The van der Waals surface area contributed by atoms with E-state index in [0.717, 1.165) is 28.0 Å². The Kier molecular flexibility index (Phi) is 5.17. The quantitative estimate of drug-likeness (QED) is 0.892. The second kappa shape index (κ2) is 7.09. The van der Waals surface area contributed by atoms with Gasteiger partial charge in [-0.3, -0.25) is 4.79 Å². The maximum absolute atomic E-state index is 12.2. The number of hydrogen-bond acceptors (Lipinski definition) is 3. The molecule has 0 saturated heterocycles. The molecule has 1 amide bonds. The molecule has 3 N–H and O–H groups in total. The van der Waals surface area contributed by atoms with Gasteiger partial charge in [0, 0.05) is 12.1 Å². The van der Waals surface area contributed by atoms with Gasteiger partial charge in [-0.2, -0.15) is 0 Å². The molecular formula is C18H22N2O2. The topological polar surface area (TPSA) is 64.3 Å². The molecule has 0 aliphatic rings. The fraction of sp³-hybridized carbons (Fsp3) is 0.278. The van der Waals surface area contributed by atoms with E-state index in [-0.39, 0.29) is 5.91 Å². The van der Waals surface area contributed by atoms with Gasteiger partial charge in [0.05, 0.1) is 7.11 Å². The first-order valence-electron chi connectivity index (χ1n) is 7.24. The summed E-state index contributed by atoms with van der Waals surface area (Å²) in [6, 6.07) is 12.9. The number of hydrogen-bond donors (Lipinski definition) is 2. The summed E-state index contributed by atoms with van der Waals surface area (Å²) >= 11 is 0. The maximum atomic E-state index is 12.2. The van der Waals surface area contributed by atoms with Crippen molar-refractivity contribution in [1.29, 1.82) is 0 Å². The Balaban J connectivity index is 2.02. The summed E-state index contributed by atoms with van der Waals surface area (Å²) in [5, 5.41) is 2.86. The predicted octanol–water partition coefficient (Wildman–Crippen LogP) is 2.63. The van der Waals surface area contributed by atoms with Crippen molar-refractivity contribution in [2.75, 3.05) is 7.11 Å². The monoisotopic (exact) mass is 298 g/mol. The molecule has 4 nitrogen and oxygen atoms in total. The first-order valence-corrected chi connectivity index (χ1v) is 7.24. The second-order valence-corrected chi connectivity index (χ2v) is 5.42. The van der Waals surface area contributed by atoms with E-state index in [0.29, 0.717) is 6.54 Å². The summed E-state index contributed by atoms with van der Waals surface area (Å²) in [6.45, 7) is 4.39. The highest BCUT2D eigenvalue weighted by atomic mass is 16.5. The molecule has 22 heavy (non-hydrogen) atoms. The number of aryl methyl sites for hydroxylation is 2. The van der Waals surface area contributed by atoms with Gasteiger partial charge >= 0.3 is 0 Å². The third-order valence-corrected chi connectivity index (χ3v) is 3.61. The van der Waals surface area contributed by atoms with Crippen molar-refractivity contribution in [1.82, 2.24) is 5.32 Å². The van der Waals surface area contributed by atoms with Crippen LogP contribution in [0, 0.1) is 13.8 Å². The molecule has 1 unspecified atom stereocenters. The van der Waals surface area contributed by atoms with Crippen LogP contribution in [0.4, 0.5) is 0 Å². The van der Waals surface area contributed by atoms with Gasteiger partial charge in [-0.05, 0) is 31.0 Å². The number of carbonyl (C=O) groups excluding carboxylic acids is 1. The number of rotatable bonds is 5. The Morgan fingerprint density at radius 3 is 2.41 bits per heavy atom. The number of ether oxygens (including phenoxy) is 1. The van der Waals surface area contributed by atoms with Crippen molar-refractivity contribution in [3.05, 3.63) is 64.7 Å². The zero-order valence-corrected chi connectivity index (χ0v) is 13.2. The summed E-state index contributed by atoms with van der Waals surface area (Å²) in [5.41, 5.74) is 9.99. The van der Waals surface area contributed by atoms with Gasteiger partial charge in [-0.1, -0.05) is 42.0 Å². The van der Waals surface area contributed by atoms with Gasteiger partial charge in [-0.15, -0.1) is 0 Å². The molecule has 0 heterocycles. The summed E-state index contributed by atoms with van der Waals surface area (Å²) < 4.78 is 5.33. The number of carbonyl (C=O) groups is 1. The lowest BCUT2D eigenvalue weighted by Gasteiger charge is -2.14. The first kappa shape index (κ1) is 16.0. The molecule has 2 aromatic rings. The highest BCUT2D eigenvalue weighted by molar-refractivity contribution is 5.82. The predicted molar refractivity (Wildman–Crippen MR) is 87.7 cm³/mol. The number of amides is 1. The highest BCUT2D eigenvalue weighted by Crippen LogP contribution is 2.20. The minimum Gasteiger partial charge on any atom is -0.496 e. The lowest BCUT2D eigenvalue weighted by Crippen LogP contribution is -2.33. The van der Waals surface area contributed by atoms with Crippen LogP contribution >= 0.6 is 0 Å². The zero-order valence-electron chi connectivity index (χ0n) is 13.2. The van der Waals surface area contributed by atoms with E-state index in [4.69, 9.17) is 10.5 Å². The summed E-state index contributed by atoms with van der Waals surface area (Å²) in [6.07, 6.45) is 0. The van der Waals surface area contributed by atoms with Crippen LogP contribution in [-0.4, -0.2) is 13.0 Å². The molecule has 0 aromatic heterocycles. The lowest BCUT2D eigenvalue weighted by molar-refractivity contribution is -0.122. The van der Waals surface area contributed by atoms with Gasteiger partial charge in [-0.25, -0.2) is 0 Å². The molecule has 2 aromatic carbocycles. The van der Waals surface area contributed by atoms with E-state index in [2.05, 4.69) is 5.32 Å². The number of nitrogens with one attached hydrogen (secondary N) is 1. The smallest absolute Gasteiger partial charge is 0.241 e. The average molecular weight is 298 g/mol. The molecule has 1 atom stereocenters. The summed E-state index contributed by atoms with van der Waals surface area (Å²) in [7, 11) is 1.62. The van der Waals surface area contributed by atoms with E-state index in [9.17, 15) is 4.79 Å². The Morgan fingerprint density at radius 2 is 1.77 bits per heavy atom. The van der Waals surface area contributed by atoms with Crippen molar-refractivity contribution in [3.8, 4) is 5.75 Å². The number of methoxy groups -OCH3 is 1. The molecule has 4 heteroatoms. The lowest BCUT2D eigenvalue weighted by atomic mass is 10.1. The molecule has 0 fully saturated rings. The molecule has 0 spiro atoms. The standard InChI is InChI=1S/C18H22N2O2/c1-12-4-7-14(8-5-12)17(19)18(21)20-11-15-9-6-13(2)10-16(15)22-3/h4-10,17H,11,19H2,1-3H3,(H,20,21). The van der Waals surface area contributed by atoms with E-state index in [1.807, 2.05) is 56.3 Å².